The van der Waals surface area contributed by atoms with Crippen LogP contribution in [0.3, 0.4) is 0 Å². The first kappa shape index (κ1) is 15.7. The highest BCUT2D eigenvalue weighted by Crippen LogP contribution is 2.38. The van der Waals surface area contributed by atoms with Crippen LogP contribution in [0, 0.1) is 0 Å². The van der Waals surface area contributed by atoms with Crippen LogP contribution in [0.5, 0.6) is 0 Å². The van der Waals surface area contributed by atoms with Crippen molar-refractivity contribution in [3.63, 3.8) is 0 Å². The van der Waals surface area contributed by atoms with Gasteiger partial charge in [-0.05, 0) is 25.3 Å². The van der Waals surface area contributed by atoms with Crippen LogP contribution in [0.2, 0.25) is 0 Å². The topological polar surface area (TPSA) is 67.9 Å². The zero-order valence-corrected chi connectivity index (χ0v) is 12.5. The van der Waals surface area contributed by atoms with Gasteiger partial charge in [0.1, 0.15) is 0 Å². The highest BCUT2D eigenvalue weighted by Gasteiger charge is 2.29. The van der Waals surface area contributed by atoms with Crippen molar-refractivity contribution in [1.82, 2.24) is 20.1 Å². The van der Waals surface area contributed by atoms with Gasteiger partial charge in [-0.3, -0.25) is 0 Å². The van der Waals surface area contributed by atoms with E-state index in [1.165, 1.54) is 12.3 Å². The molecule has 1 aliphatic rings. The monoisotopic (exact) mass is 327 g/mol. The Balaban J connectivity index is 1.62. The van der Waals surface area contributed by atoms with E-state index in [4.69, 9.17) is 4.52 Å². The van der Waals surface area contributed by atoms with E-state index in [0.29, 0.717) is 35.8 Å². The van der Waals surface area contributed by atoms with Crippen molar-refractivity contribution in [3.05, 3.63) is 29.7 Å². The Morgan fingerprint density at radius 1 is 1.30 bits per heavy atom. The van der Waals surface area contributed by atoms with E-state index in [1.807, 2.05) is 0 Å². The van der Waals surface area contributed by atoms with Crippen LogP contribution in [0.25, 0.3) is 0 Å². The minimum atomic E-state index is -4.19. The second-order valence-corrected chi connectivity index (χ2v) is 5.64. The third-order valence-electron chi connectivity index (χ3n) is 3.51. The molecule has 2 aromatic rings. The second-order valence-electron chi connectivity index (χ2n) is 5.64. The van der Waals surface area contributed by atoms with E-state index in [-0.39, 0.29) is 6.42 Å². The van der Waals surface area contributed by atoms with Crippen LogP contribution >= 0.6 is 0 Å². The summed E-state index contributed by atoms with van der Waals surface area (Å²) in [6.45, 7) is 0.308. The van der Waals surface area contributed by atoms with Crippen molar-refractivity contribution in [2.75, 3.05) is 11.9 Å². The van der Waals surface area contributed by atoms with Crippen LogP contribution in [-0.2, 0) is 13.0 Å². The molecular formula is C14H16F3N5O. The lowest BCUT2D eigenvalue weighted by atomic mass is 10.2. The average molecular weight is 327 g/mol. The Morgan fingerprint density at radius 3 is 2.78 bits per heavy atom. The standard InChI is InChI=1S/C14H16F3N5O/c1-22(8-11-20-12(21-23-11)9-2-3-9)13-18-7-5-10(19-13)4-6-14(15,16)17/h5,7,9H,2-4,6,8H2,1H3. The van der Waals surface area contributed by atoms with Gasteiger partial charge in [0.25, 0.3) is 0 Å². The largest absolute Gasteiger partial charge is 0.389 e. The fourth-order valence-electron chi connectivity index (χ4n) is 2.09. The molecule has 0 saturated heterocycles. The Hall–Kier alpha value is -2.19. The molecule has 0 bridgehead atoms. The highest BCUT2D eigenvalue weighted by molar-refractivity contribution is 5.29. The number of rotatable bonds is 6. The number of nitrogens with zero attached hydrogens (tertiary/aromatic N) is 5. The van der Waals surface area contributed by atoms with Crippen molar-refractivity contribution in [2.45, 2.75) is 44.3 Å². The molecule has 3 rings (SSSR count). The van der Waals surface area contributed by atoms with Crippen molar-refractivity contribution in [3.8, 4) is 0 Å². The molecule has 2 heterocycles. The van der Waals surface area contributed by atoms with Gasteiger partial charge in [-0.25, -0.2) is 9.97 Å². The molecule has 0 radical (unpaired) electrons. The fourth-order valence-corrected chi connectivity index (χ4v) is 2.09. The van der Waals surface area contributed by atoms with Crippen LogP contribution in [-0.4, -0.2) is 33.3 Å². The zero-order valence-electron chi connectivity index (χ0n) is 12.5. The van der Waals surface area contributed by atoms with Gasteiger partial charge in [-0.2, -0.15) is 18.2 Å². The summed E-state index contributed by atoms with van der Waals surface area (Å²) >= 11 is 0. The minimum absolute atomic E-state index is 0.167. The van der Waals surface area contributed by atoms with E-state index >= 15 is 0 Å². The second kappa shape index (κ2) is 6.13. The molecule has 2 aromatic heterocycles. The Morgan fingerprint density at radius 2 is 2.09 bits per heavy atom. The van der Waals surface area contributed by atoms with Gasteiger partial charge in [0.05, 0.1) is 6.54 Å². The summed E-state index contributed by atoms with van der Waals surface area (Å²) in [5.74, 6) is 1.89. The normalized spacial score (nSPS) is 15.0. The van der Waals surface area contributed by atoms with E-state index < -0.39 is 12.6 Å². The molecule has 0 aliphatic heterocycles. The summed E-state index contributed by atoms with van der Waals surface area (Å²) in [5.41, 5.74) is 0.350. The van der Waals surface area contributed by atoms with Crippen molar-refractivity contribution in [1.29, 1.82) is 0 Å². The third kappa shape index (κ3) is 4.40. The molecule has 0 N–H and O–H groups in total. The quantitative estimate of drug-likeness (QED) is 0.813. The number of aromatic nitrogens is 4. The number of hydrogen-bond acceptors (Lipinski definition) is 6. The Labute approximate surface area is 130 Å². The Kier molecular flexibility index (Phi) is 4.18. The fraction of sp³-hybridized carbons (Fsp3) is 0.571. The number of hydrogen-bond donors (Lipinski definition) is 0. The lowest BCUT2D eigenvalue weighted by Gasteiger charge is -2.15. The first-order valence-electron chi connectivity index (χ1n) is 7.33. The molecule has 6 nitrogen and oxygen atoms in total. The number of aryl methyl sites for hydroxylation is 1. The lowest BCUT2D eigenvalue weighted by molar-refractivity contribution is -0.134. The number of alkyl halides is 3. The van der Waals surface area contributed by atoms with E-state index in [2.05, 4.69) is 20.1 Å². The smallest absolute Gasteiger partial charge is 0.337 e. The third-order valence-corrected chi connectivity index (χ3v) is 3.51. The van der Waals surface area contributed by atoms with Gasteiger partial charge >= 0.3 is 6.18 Å². The van der Waals surface area contributed by atoms with Crippen LogP contribution in [0.4, 0.5) is 19.1 Å². The van der Waals surface area contributed by atoms with Crippen LogP contribution in [0.1, 0.15) is 42.6 Å². The highest BCUT2D eigenvalue weighted by atomic mass is 19.4. The summed E-state index contributed by atoms with van der Waals surface area (Å²) in [6, 6.07) is 1.49. The maximum absolute atomic E-state index is 12.3. The van der Waals surface area contributed by atoms with Gasteiger partial charge in [0, 0.05) is 31.3 Å². The van der Waals surface area contributed by atoms with Gasteiger partial charge in [0.15, 0.2) is 5.82 Å². The molecule has 1 aliphatic carbocycles. The SMILES string of the molecule is CN(Cc1nc(C2CC2)no1)c1nccc(CCC(F)(F)F)n1. The zero-order chi connectivity index (χ0) is 16.4. The Bertz CT molecular complexity index is 668. The molecule has 124 valence electrons. The van der Waals surface area contributed by atoms with Crippen molar-refractivity contribution >= 4 is 5.95 Å². The first-order chi connectivity index (χ1) is 10.9. The molecule has 0 amide bonds. The van der Waals surface area contributed by atoms with Gasteiger partial charge in [0.2, 0.25) is 11.8 Å². The van der Waals surface area contributed by atoms with E-state index in [1.54, 1.807) is 11.9 Å². The summed E-state index contributed by atoms with van der Waals surface area (Å²) in [5, 5.41) is 3.92. The minimum Gasteiger partial charge on any atom is -0.337 e. The maximum Gasteiger partial charge on any atom is 0.389 e. The van der Waals surface area contributed by atoms with Crippen LogP contribution in [0.15, 0.2) is 16.8 Å². The van der Waals surface area contributed by atoms with Crippen molar-refractivity contribution in [2.24, 2.45) is 0 Å². The average Bonchev–Trinajstić information content (AvgIpc) is 3.25. The molecular weight excluding hydrogens is 311 g/mol. The summed E-state index contributed by atoms with van der Waals surface area (Å²) < 4.78 is 42.0. The first-order valence-corrected chi connectivity index (χ1v) is 7.33. The maximum atomic E-state index is 12.3. The molecule has 0 aromatic carbocycles. The van der Waals surface area contributed by atoms with Gasteiger partial charge in [-0.15, -0.1) is 0 Å². The predicted molar refractivity (Wildman–Crippen MR) is 74.8 cm³/mol. The number of anilines is 1. The molecule has 0 spiro atoms. The van der Waals surface area contributed by atoms with Gasteiger partial charge in [-0.1, -0.05) is 5.16 Å². The summed E-state index contributed by atoms with van der Waals surface area (Å²) in [6.07, 6.45) is -1.65. The van der Waals surface area contributed by atoms with E-state index in [9.17, 15) is 13.2 Å². The lowest BCUT2D eigenvalue weighted by Crippen LogP contribution is -2.20. The molecule has 1 saturated carbocycles. The molecule has 9 heteroatoms. The van der Waals surface area contributed by atoms with Gasteiger partial charge < -0.3 is 9.42 Å². The van der Waals surface area contributed by atoms with Crippen molar-refractivity contribution < 1.29 is 17.7 Å². The predicted octanol–water partition coefficient (Wildman–Crippen LogP) is 2.87. The molecule has 1 fully saturated rings. The van der Waals surface area contributed by atoms with E-state index in [0.717, 1.165) is 12.8 Å². The summed E-state index contributed by atoms with van der Waals surface area (Å²) in [4.78, 5) is 14.2. The molecule has 0 atom stereocenters. The number of halogens is 3. The van der Waals surface area contributed by atoms with Crippen LogP contribution < -0.4 is 4.90 Å². The molecule has 23 heavy (non-hydrogen) atoms. The molecule has 0 unspecified atom stereocenters. The summed E-state index contributed by atoms with van der Waals surface area (Å²) in [7, 11) is 1.73.